The minimum atomic E-state index is -0.520. The molecule has 0 aromatic carbocycles. The first-order valence-corrected chi connectivity index (χ1v) is 4.07. The highest BCUT2D eigenvalue weighted by atomic mass is 16.5. The van der Waals surface area contributed by atoms with E-state index in [1.54, 1.807) is 27.7 Å². The molecule has 0 unspecified atom stereocenters. The topological polar surface area (TPSA) is 43.4 Å². The first-order valence-electron chi connectivity index (χ1n) is 4.07. The third-order valence-corrected chi connectivity index (χ3v) is 1.37. The summed E-state index contributed by atoms with van der Waals surface area (Å²) in [6.45, 7) is 6.92. The van der Waals surface area contributed by atoms with Crippen LogP contribution in [-0.2, 0) is 14.3 Å². The maximum atomic E-state index is 11.1. The second kappa shape index (κ2) is 4.24. The van der Waals surface area contributed by atoms with Crippen LogP contribution in [0.2, 0.25) is 0 Å². The number of hydrogen-bond acceptors (Lipinski definition) is 3. The van der Waals surface area contributed by atoms with Crippen LogP contribution in [-0.4, -0.2) is 18.4 Å². The van der Waals surface area contributed by atoms with Crippen LogP contribution in [0.5, 0.6) is 0 Å². The Morgan fingerprint density at radius 1 is 1.25 bits per heavy atom. The van der Waals surface area contributed by atoms with Crippen molar-refractivity contribution >= 4 is 11.8 Å². The molecule has 0 radical (unpaired) electrons. The highest BCUT2D eigenvalue weighted by molar-refractivity contribution is 5.83. The summed E-state index contributed by atoms with van der Waals surface area (Å²) in [7, 11) is 0. The van der Waals surface area contributed by atoms with E-state index in [1.807, 2.05) is 0 Å². The molecule has 12 heavy (non-hydrogen) atoms. The van der Waals surface area contributed by atoms with Crippen molar-refractivity contribution in [3.05, 3.63) is 0 Å². The van der Waals surface area contributed by atoms with E-state index in [0.717, 1.165) is 0 Å². The van der Waals surface area contributed by atoms with E-state index in [2.05, 4.69) is 0 Å². The van der Waals surface area contributed by atoms with Crippen molar-refractivity contribution < 1.29 is 14.3 Å². The van der Waals surface area contributed by atoms with Gasteiger partial charge in [-0.3, -0.25) is 9.59 Å². The second-order valence-corrected chi connectivity index (χ2v) is 3.72. The molecule has 0 N–H and O–H groups in total. The van der Waals surface area contributed by atoms with Gasteiger partial charge < -0.3 is 4.74 Å². The van der Waals surface area contributed by atoms with Crippen LogP contribution in [0.25, 0.3) is 0 Å². The molecular formula is C9H16O3. The van der Waals surface area contributed by atoms with Crippen LogP contribution >= 0.6 is 0 Å². The van der Waals surface area contributed by atoms with Gasteiger partial charge in [-0.1, -0.05) is 6.92 Å². The normalized spacial score (nSPS) is 11.0. The number of carbonyl (C=O) groups excluding carboxylic acids is 2. The molecule has 0 aromatic heterocycles. The molecule has 70 valence electrons. The van der Waals surface area contributed by atoms with Gasteiger partial charge >= 0.3 is 5.97 Å². The van der Waals surface area contributed by atoms with Gasteiger partial charge in [0.25, 0.3) is 0 Å². The molecule has 0 aliphatic carbocycles. The van der Waals surface area contributed by atoms with Gasteiger partial charge in [0.2, 0.25) is 0 Å². The van der Waals surface area contributed by atoms with E-state index >= 15 is 0 Å². The number of Topliss-reactive ketones (excluding diaryl/α,β-unsaturated/α-hetero) is 1. The summed E-state index contributed by atoms with van der Waals surface area (Å²) < 4.78 is 4.77. The zero-order chi connectivity index (χ0) is 9.78. The van der Waals surface area contributed by atoms with E-state index in [1.165, 1.54) is 0 Å². The van der Waals surface area contributed by atoms with Crippen LogP contribution in [0, 0.1) is 5.41 Å². The lowest BCUT2D eigenvalue weighted by Crippen LogP contribution is -2.25. The lowest BCUT2D eigenvalue weighted by Gasteiger charge is -2.15. The standard InChI is InChI=1S/C9H16O3/c1-5-7(10)6-12-8(11)9(2,3)4/h5-6H2,1-4H3. The molecule has 0 bridgehead atoms. The lowest BCUT2D eigenvalue weighted by atomic mass is 9.97. The molecule has 0 amide bonds. The van der Waals surface area contributed by atoms with E-state index in [-0.39, 0.29) is 18.4 Å². The average Bonchev–Trinajstić information content (AvgIpc) is 1.97. The maximum absolute atomic E-state index is 11.1. The van der Waals surface area contributed by atoms with Crippen LogP contribution < -0.4 is 0 Å². The van der Waals surface area contributed by atoms with Gasteiger partial charge in [-0.15, -0.1) is 0 Å². The zero-order valence-corrected chi connectivity index (χ0v) is 8.14. The summed E-state index contributed by atoms with van der Waals surface area (Å²) in [5, 5.41) is 0. The van der Waals surface area contributed by atoms with E-state index in [9.17, 15) is 9.59 Å². The number of carbonyl (C=O) groups is 2. The van der Waals surface area contributed by atoms with Crippen molar-refractivity contribution in [1.82, 2.24) is 0 Å². The fourth-order valence-electron chi connectivity index (χ4n) is 0.465. The Hall–Kier alpha value is -0.860. The Kier molecular flexibility index (Phi) is 3.93. The minimum Gasteiger partial charge on any atom is -0.457 e. The smallest absolute Gasteiger partial charge is 0.311 e. The summed E-state index contributed by atoms with van der Waals surface area (Å²) in [5.74, 6) is -0.378. The molecule has 3 heteroatoms. The van der Waals surface area contributed by atoms with Crippen LogP contribution in [0.4, 0.5) is 0 Å². The summed E-state index contributed by atoms with van der Waals surface area (Å²) in [4.78, 5) is 21.9. The van der Waals surface area contributed by atoms with Crippen molar-refractivity contribution in [1.29, 1.82) is 0 Å². The number of ether oxygens (including phenoxy) is 1. The highest BCUT2D eigenvalue weighted by Crippen LogP contribution is 2.14. The number of rotatable bonds is 3. The monoisotopic (exact) mass is 172 g/mol. The Balaban J connectivity index is 3.81. The van der Waals surface area contributed by atoms with Gasteiger partial charge in [0, 0.05) is 6.42 Å². The third kappa shape index (κ3) is 4.11. The minimum absolute atomic E-state index is 0.0485. The molecular weight excluding hydrogens is 156 g/mol. The molecule has 0 spiro atoms. The van der Waals surface area contributed by atoms with Crippen molar-refractivity contribution in [3.63, 3.8) is 0 Å². The summed E-state index contributed by atoms with van der Waals surface area (Å²) in [5.41, 5.74) is -0.520. The Morgan fingerprint density at radius 2 is 1.75 bits per heavy atom. The molecule has 0 aromatic rings. The second-order valence-electron chi connectivity index (χ2n) is 3.72. The molecule has 0 aliphatic rings. The Labute approximate surface area is 73.1 Å². The van der Waals surface area contributed by atoms with Crippen LogP contribution in [0.3, 0.4) is 0 Å². The number of ketones is 1. The SMILES string of the molecule is CCC(=O)COC(=O)C(C)(C)C. The van der Waals surface area contributed by atoms with Crippen molar-refractivity contribution in [2.45, 2.75) is 34.1 Å². The van der Waals surface area contributed by atoms with Gasteiger partial charge in [-0.25, -0.2) is 0 Å². The third-order valence-electron chi connectivity index (χ3n) is 1.37. The van der Waals surface area contributed by atoms with Gasteiger partial charge in [0.15, 0.2) is 5.78 Å². The largest absolute Gasteiger partial charge is 0.457 e. The lowest BCUT2D eigenvalue weighted by molar-refractivity contribution is -0.155. The molecule has 0 saturated carbocycles. The maximum Gasteiger partial charge on any atom is 0.311 e. The molecule has 0 rings (SSSR count). The van der Waals surface area contributed by atoms with Crippen molar-refractivity contribution in [2.75, 3.05) is 6.61 Å². The predicted molar refractivity (Wildman–Crippen MR) is 45.7 cm³/mol. The van der Waals surface area contributed by atoms with E-state index in [0.29, 0.717) is 6.42 Å². The molecule has 3 nitrogen and oxygen atoms in total. The molecule has 0 atom stereocenters. The van der Waals surface area contributed by atoms with Gasteiger partial charge in [0.1, 0.15) is 6.61 Å². The number of hydrogen-bond donors (Lipinski definition) is 0. The quantitative estimate of drug-likeness (QED) is 0.607. The van der Waals surface area contributed by atoms with Gasteiger partial charge in [-0.2, -0.15) is 0 Å². The Bertz CT molecular complexity index is 177. The number of esters is 1. The fraction of sp³-hybridized carbons (Fsp3) is 0.778. The molecule has 0 heterocycles. The van der Waals surface area contributed by atoms with Gasteiger partial charge in [-0.05, 0) is 20.8 Å². The fourth-order valence-corrected chi connectivity index (χ4v) is 0.465. The molecule has 0 saturated heterocycles. The summed E-state index contributed by atoms with van der Waals surface area (Å²) >= 11 is 0. The molecule has 0 fully saturated rings. The molecule has 0 aliphatic heterocycles. The van der Waals surface area contributed by atoms with Gasteiger partial charge in [0.05, 0.1) is 5.41 Å². The highest BCUT2D eigenvalue weighted by Gasteiger charge is 2.23. The predicted octanol–water partition coefficient (Wildman–Crippen LogP) is 1.55. The Morgan fingerprint density at radius 3 is 2.08 bits per heavy atom. The van der Waals surface area contributed by atoms with E-state index < -0.39 is 5.41 Å². The zero-order valence-electron chi connectivity index (χ0n) is 8.14. The first-order chi connectivity index (χ1) is 5.38. The van der Waals surface area contributed by atoms with Crippen LogP contribution in [0.1, 0.15) is 34.1 Å². The first kappa shape index (κ1) is 11.1. The summed E-state index contributed by atoms with van der Waals surface area (Å²) in [6, 6.07) is 0. The van der Waals surface area contributed by atoms with Crippen molar-refractivity contribution in [2.24, 2.45) is 5.41 Å². The van der Waals surface area contributed by atoms with Crippen LogP contribution in [0.15, 0.2) is 0 Å². The summed E-state index contributed by atoms with van der Waals surface area (Å²) in [6.07, 6.45) is 0.414. The van der Waals surface area contributed by atoms with E-state index in [4.69, 9.17) is 4.74 Å². The average molecular weight is 172 g/mol. The van der Waals surface area contributed by atoms with Crippen molar-refractivity contribution in [3.8, 4) is 0 Å².